The predicted octanol–water partition coefficient (Wildman–Crippen LogP) is 0.289. The number of rotatable bonds is 3. The zero-order valence-electron chi connectivity index (χ0n) is 7.82. The van der Waals surface area contributed by atoms with Crippen LogP contribution in [0.1, 0.15) is 10.4 Å². The topological polar surface area (TPSA) is 59.2 Å². The number of carbonyl (C=O) groups excluding carboxylic acids is 1. The molecule has 4 nitrogen and oxygen atoms in total. The van der Waals surface area contributed by atoms with E-state index in [0.717, 1.165) is 5.82 Å². The first-order valence-electron chi connectivity index (χ1n) is 4.02. The van der Waals surface area contributed by atoms with E-state index in [1.807, 2.05) is 19.0 Å². The van der Waals surface area contributed by atoms with Crippen molar-refractivity contribution in [2.45, 2.75) is 0 Å². The summed E-state index contributed by atoms with van der Waals surface area (Å²) in [4.78, 5) is 17.1. The summed E-state index contributed by atoms with van der Waals surface area (Å²) in [7, 11) is 3.79. The number of pyridine rings is 1. The Kier molecular flexibility index (Phi) is 2.97. The second-order valence-corrected chi connectivity index (χ2v) is 2.93. The van der Waals surface area contributed by atoms with E-state index >= 15 is 0 Å². The second kappa shape index (κ2) is 4.00. The first kappa shape index (κ1) is 9.67. The molecule has 0 saturated heterocycles. The van der Waals surface area contributed by atoms with Crippen LogP contribution in [0.15, 0.2) is 18.3 Å². The number of hydrogen-bond acceptors (Lipinski definition) is 4. The summed E-state index contributed by atoms with van der Waals surface area (Å²) in [6.07, 6.45) is 1.55. The SMILES string of the molecule is CN(C)c1ccc(C(=O)CN)cn1. The van der Waals surface area contributed by atoms with Crippen LogP contribution in [0, 0.1) is 0 Å². The van der Waals surface area contributed by atoms with E-state index in [1.165, 1.54) is 0 Å². The lowest BCUT2D eigenvalue weighted by molar-refractivity contribution is 0.100. The Morgan fingerprint density at radius 2 is 2.23 bits per heavy atom. The van der Waals surface area contributed by atoms with E-state index < -0.39 is 0 Å². The van der Waals surface area contributed by atoms with Gasteiger partial charge < -0.3 is 10.6 Å². The second-order valence-electron chi connectivity index (χ2n) is 2.93. The zero-order chi connectivity index (χ0) is 9.84. The lowest BCUT2D eigenvalue weighted by Gasteiger charge is -2.10. The highest BCUT2D eigenvalue weighted by Gasteiger charge is 2.03. The highest BCUT2D eigenvalue weighted by atomic mass is 16.1. The summed E-state index contributed by atoms with van der Waals surface area (Å²) in [6, 6.07) is 3.53. The first-order valence-corrected chi connectivity index (χ1v) is 4.02. The molecule has 0 aliphatic carbocycles. The van der Waals surface area contributed by atoms with Gasteiger partial charge in [0.25, 0.3) is 0 Å². The standard InChI is InChI=1S/C9H13N3O/c1-12(2)9-4-3-7(6-11-9)8(13)5-10/h3-4,6H,5,10H2,1-2H3. The van der Waals surface area contributed by atoms with Crippen molar-refractivity contribution >= 4 is 11.6 Å². The summed E-state index contributed by atoms with van der Waals surface area (Å²) < 4.78 is 0. The molecule has 0 radical (unpaired) electrons. The maximum atomic E-state index is 11.1. The molecule has 1 aromatic rings. The smallest absolute Gasteiger partial charge is 0.177 e. The molecule has 4 heteroatoms. The van der Waals surface area contributed by atoms with Crippen LogP contribution in [0.5, 0.6) is 0 Å². The number of carbonyl (C=O) groups is 1. The Morgan fingerprint density at radius 1 is 1.54 bits per heavy atom. The van der Waals surface area contributed by atoms with Crippen LogP contribution < -0.4 is 10.6 Å². The fraction of sp³-hybridized carbons (Fsp3) is 0.333. The van der Waals surface area contributed by atoms with Crippen LogP contribution in [0.25, 0.3) is 0 Å². The fourth-order valence-corrected chi connectivity index (χ4v) is 0.933. The largest absolute Gasteiger partial charge is 0.363 e. The van der Waals surface area contributed by atoms with Gasteiger partial charge >= 0.3 is 0 Å². The van der Waals surface area contributed by atoms with Gasteiger partial charge in [-0.2, -0.15) is 0 Å². The van der Waals surface area contributed by atoms with Crippen LogP contribution in [0.2, 0.25) is 0 Å². The van der Waals surface area contributed by atoms with Crippen LogP contribution in [0.4, 0.5) is 5.82 Å². The van der Waals surface area contributed by atoms with Gasteiger partial charge in [0, 0.05) is 25.9 Å². The highest BCUT2D eigenvalue weighted by Crippen LogP contribution is 2.07. The summed E-state index contributed by atoms with van der Waals surface area (Å²) in [5.74, 6) is 0.742. The molecule has 1 rings (SSSR count). The number of aromatic nitrogens is 1. The molecule has 0 spiro atoms. The van der Waals surface area contributed by atoms with Crippen molar-refractivity contribution < 1.29 is 4.79 Å². The van der Waals surface area contributed by atoms with Crippen molar-refractivity contribution in [1.29, 1.82) is 0 Å². The van der Waals surface area contributed by atoms with Gasteiger partial charge in [-0.15, -0.1) is 0 Å². The molecule has 0 fully saturated rings. The molecule has 0 aromatic carbocycles. The normalized spacial score (nSPS) is 9.77. The maximum absolute atomic E-state index is 11.1. The minimum atomic E-state index is -0.0854. The van der Waals surface area contributed by atoms with Crippen LogP contribution >= 0.6 is 0 Å². The molecule has 0 saturated carbocycles. The predicted molar refractivity (Wildman–Crippen MR) is 51.9 cm³/mol. The molecule has 0 atom stereocenters. The molecule has 0 unspecified atom stereocenters. The molecule has 0 amide bonds. The number of nitrogens with zero attached hydrogens (tertiary/aromatic N) is 2. The summed E-state index contributed by atoms with van der Waals surface area (Å²) in [6.45, 7) is 0.0307. The number of Topliss-reactive ketones (excluding diaryl/α,β-unsaturated/α-hetero) is 1. The molecule has 0 bridgehead atoms. The lowest BCUT2D eigenvalue weighted by Crippen LogP contribution is -2.15. The summed E-state index contributed by atoms with van der Waals surface area (Å²) in [5.41, 5.74) is 5.78. The molecular formula is C9H13N3O. The average Bonchev–Trinajstić information content (AvgIpc) is 2.17. The zero-order valence-corrected chi connectivity index (χ0v) is 7.82. The fourth-order valence-electron chi connectivity index (χ4n) is 0.933. The van der Waals surface area contributed by atoms with Crippen molar-refractivity contribution in [3.05, 3.63) is 23.9 Å². The van der Waals surface area contributed by atoms with E-state index in [0.29, 0.717) is 5.56 Å². The van der Waals surface area contributed by atoms with Crippen LogP contribution in [-0.2, 0) is 0 Å². The Morgan fingerprint density at radius 3 is 2.62 bits per heavy atom. The van der Waals surface area contributed by atoms with E-state index in [2.05, 4.69) is 4.98 Å². The monoisotopic (exact) mass is 179 g/mol. The Bertz CT molecular complexity index is 292. The summed E-state index contributed by atoms with van der Waals surface area (Å²) >= 11 is 0. The summed E-state index contributed by atoms with van der Waals surface area (Å²) in [5, 5.41) is 0. The van der Waals surface area contributed by atoms with E-state index in [1.54, 1.807) is 18.3 Å². The van der Waals surface area contributed by atoms with Crippen molar-refractivity contribution in [3.63, 3.8) is 0 Å². The molecule has 2 N–H and O–H groups in total. The van der Waals surface area contributed by atoms with Gasteiger partial charge in [0.15, 0.2) is 5.78 Å². The molecule has 70 valence electrons. The lowest BCUT2D eigenvalue weighted by atomic mass is 10.2. The molecule has 1 heterocycles. The third kappa shape index (κ3) is 2.26. The third-order valence-electron chi connectivity index (χ3n) is 1.71. The number of hydrogen-bond donors (Lipinski definition) is 1. The van der Waals surface area contributed by atoms with Crippen LogP contribution in [-0.4, -0.2) is 31.4 Å². The Labute approximate surface area is 77.4 Å². The third-order valence-corrected chi connectivity index (χ3v) is 1.71. The molecule has 13 heavy (non-hydrogen) atoms. The minimum absolute atomic E-state index is 0.0307. The van der Waals surface area contributed by atoms with E-state index in [4.69, 9.17) is 5.73 Å². The van der Waals surface area contributed by atoms with Crippen molar-refractivity contribution in [3.8, 4) is 0 Å². The quantitative estimate of drug-likeness (QED) is 0.677. The van der Waals surface area contributed by atoms with Gasteiger partial charge in [-0.25, -0.2) is 4.98 Å². The van der Waals surface area contributed by atoms with Gasteiger partial charge in [0.1, 0.15) is 5.82 Å². The Hall–Kier alpha value is -1.42. The first-order chi connectivity index (χ1) is 6.15. The van der Waals surface area contributed by atoms with E-state index in [-0.39, 0.29) is 12.3 Å². The highest BCUT2D eigenvalue weighted by molar-refractivity contribution is 5.97. The molecule has 0 aliphatic heterocycles. The van der Waals surface area contributed by atoms with E-state index in [9.17, 15) is 4.79 Å². The van der Waals surface area contributed by atoms with Gasteiger partial charge in [0.05, 0.1) is 6.54 Å². The number of anilines is 1. The molecular weight excluding hydrogens is 166 g/mol. The van der Waals surface area contributed by atoms with Crippen molar-refractivity contribution in [1.82, 2.24) is 4.98 Å². The van der Waals surface area contributed by atoms with Crippen LogP contribution in [0.3, 0.4) is 0 Å². The van der Waals surface area contributed by atoms with Gasteiger partial charge in [-0.05, 0) is 12.1 Å². The average molecular weight is 179 g/mol. The van der Waals surface area contributed by atoms with Gasteiger partial charge in [-0.3, -0.25) is 4.79 Å². The number of nitrogens with two attached hydrogens (primary N) is 1. The molecule has 1 aromatic heterocycles. The maximum Gasteiger partial charge on any atom is 0.177 e. The number of ketones is 1. The Balaban J connectivity index is 2.87. The van der Waals surface area contributed by atoms with Crippen molar-refractivity contribution in [2.75, 3.05) is 25.5 Å². The minimum Gasteiger partial charge on any atom is -0.363 e. The molecule has 0 aliphatic rings. The van der Waals surface area contributed by atoms with Gasteiger partial charge in [-0.1, -0.05) is 0 Å². The van der Waals surface area contributed by atoms with Crippen molar-refractivity contribution in [2.24, 2.45) is 5.73 Å². The van der Waals surface area contributed by atoms with Gasteiger partial charge in [0.2, 0.25) is 0 Å².